The first kappa shape index (κ1) is 50.0. The van der Waals surface area contributed by atoms with E-state index >= 15 is 0 Å². The number of rotatable bonds is 44. The van der Waals surface area contributed by atoms with Crippen molar-refractivity contribution in [1.82, 2.24) is 0 Å². The lowest BCUT2D eigenvalue weighted by Gasteiger charge is -2.09. The summed E-state index contributed by atoms with van der Waals surface area (Å²) in [7, 11) is 0. The topological polar surface area (TPSA) is 136 Å². The first-order valence-electron chi connectivity index (χ1n) is 20.3. The fourth-order valence-corrected chi connectivity index (χ4v) is 4.92. The molecule has 1 aromatic carbocycles. The minimum absolute atomic E-state index is 0.0000135. The normalized spacial score (nSPS) is 11.4. The van der Waals surface area contributed by atoms with E-state index in [1.54, 1.807) is 30.3 Å². The highest BCUT2D eigenvalue weighted by molar-refractivity contribution is 6.40. The van der Waals surface area contributed by atoms with Gasteiger partial charge in [-0.05, 0) is 6.42 Å². The highest BCUT2D eigenvalue weighted by Crippen LogP contribution is 2.11. The quantitative estimate of drug-likeness (QED) is 0.0338. The van der Waals surface area contributed by atoms with Crippen LogP contribution in [0.4, 0.5) is 0 Å². The van der Waals surface area contributed by atoms with Gasteiger partial charge in [-0.3, -0.25) is 4.79 Å². The number of benzene rings is 1. The third-order valence-electron chi connectivity index (χ3n) is 7.92. The first-order valence-corrected chi connectivity index (χ1v) is 20.3. The molecule has 0 radical (unpaired) electrons. The van der Waals surface area contributed by atoms with Crippen LogP contribution in [0.2, 0.25) is 0 Å². The smallest absolute Gasteiger partial charge is 0.379 e. The van der Waals surface area contributed by atoms with Crippen molar-refractivity contribution >= 4 is 11.8 Å². The molecule has 0 spiro atoms. The Balaban J connectivity index is 1.64. The van der Waals surface area contributed by atoms with Crippen molar-refractivity contribution in [2.24, 2.45) is 0 Å². The second-order valence-electron chi connectivity index (χ2n) is 12.5. The predicted molar refractivity (Wildman–Crippen MR) is 206 cm³/mol. The minimum Gasteiger partial charge on any atom is -0.457 e. The van der Waals surface area contributed by atoms with Gasteiger partial charge in [0.2, 0.25) is 0 Å². The maximum absolute atomic E-state index is 11.9. The molecule has 0 heterocycles. The van der Waals surface area contributed by atoms with Crippen molar-refractivity contribution in [3.8, 4) is 0 Å². The Bertz CT molecular complexity index is 922. The van der Waals surface area contributed by atoms with Gasteiger partial charge in [-0.15, -0.1) is 0 Å². The molecule has 1 rings (SSSR count). The fraction of sp³-hybridized carbons (Fsp3) is 0.805. The van der Waals surface area contributed by atoms with E-state index in [9.17, 15) is 9.59 Å². The van der Waals surface area contributed by atoms with Gasteiger partial charge in [0.25, 0.3) is 5.78 Å². The Morgan fingerprint density at radius 3 is 0.963 bits per heavy atom. The summed E-state index contributed by atoms with van der Waals surface area (Å²) in [4.78, 5) is 23.6. The Morgan fingerprint density at radius 1 is 0.352 bits per heavy atom. The summed E-state index contributed by atoms with van der Waals surface area (Å²) in [6.45, 7) is 12.2. The van der Waals surface area contributed by atoms with Gasteiger partial charge in [0.05, 0.1) is 126 Å². The molecule has 0 aliphatic carbocycles. The van der Waals surface area contributed by atoms with Crippen LogP contribution in [0.15, 0.2) is 30.3 Å². The van der Waals surface area contributed by atoms with Gasteiger partial charge in [-0.25, -0.2) is 4.79 Å². The van der Waals surface area contributed by atoms with E-state index in [2.05, 4.69) is 6.92 Å². The molecule has 0 unspecified atom stereocenters. The molecule has 1 aromatic rings. The maximum atomic E-state index is 11.9. The van der Waals surface area contributed by atoms with Gasteiger partial charge in [-0.1, -0.05) is 101 Å². The van der Waals surface area contributed by atoms with Crippen LogP contribution in [0.5, 0.6) is 0 Å². The second-order valence-corrected chi connectivity index (χ2v) is 12.5. The molecule has 13 heteroatoms. The van der Waals surface area contributed by atoms with Gasteiger partial charge in [-0.2, -0.15) is 0 Å². The van der Waals surface area contributed by atoms with E-state index in [0.29, 0.717) is 124 Å². The molecule has 0 saturated heterocycles. The van der Waals surface area contributed by atoms with Crippen molar-refractivity contribution in [1.29, 1.82) is 0 Å². The molecule has 0 atom stereocenters. The average molecular weight is 773 g/mol. The van der Waals surface area contributed by atoms with Crippen molar-refractivity contribution in [2.45, 2.75) is 77.6 Å². The third-order valence-corrected chi connectivity index (χ3v) is 7.92. The zero-order valence-corrected chi connectivity index (χ0v) is 33.3. The summed E-state index contributed by atoms with van der Waals surface area (Å²) in [6, 6.07) is 8.27. The zero-order chi connectivity index (χ0) is 38.7. The number of hydrogen-bond donors (Lipinski definition) is 0. The van der Waals surface area contributed by atoms with Crippen LogP contribution in [0.3, 0.4) is 0 Å². The van der Waals surface area contributed by atoms with Crippen molar-refractivity contribution < 1.29 is 61.7 Å². The van der Waals surface area contributed by atoms with E-state index in [1.807, 2.05) is 0 Å². The summed E-state index contributed by atoms with van der Waals surface area (Å²) in [6.07, 6.45) is 14.8. The van der Waals surface area contributed by atoms with Crippen LogP contribution in [0.25, 0.3) is 0 Å². The Kier molecular flexibility index (Phi) is 39.0. The maximum Gasteiger partial charge on any atom is 0.379 e. The van der Waals surface area contributed by atoms with Crippen molar-refractivity contribution in [2.75, 3.05) is 139 Å². The van der Waals surface area contributed by atoms with E-state index in [1.165, 1.54) is 64.2 Å². The van der Waals surface area contributed by atoms with Gasteiger partial charge in [0.15, 0.2) is 0 Å². The van der Waals surface area contributed by atoms with Crippen LogP contribution in [-0.2, 0) is 56.9 Å². The third kappa shape index (κ3) is 35.6. The molecule has 0 N–H and O–H groups in total. The number of ether oxygens (including phenoxy) is 11. The number of ketones is 1. The highest BCUT2D eigenvalue weighted by atomic mass is 16.6. The van der Waals surface area contributed by atoms with Crippen LogP contribution in [0, 0.1) is 0 Å². The fourth-order valence-electron chi connectivity index (χ4n) is 4.92. The second kappa shape index (κ2) is 42.1. The summed E-state index contributed by atoms with van der Waals surface area (Å²) in [5.74, 6) is -1.57. The molecule has 0 bridgehead atoms. The van der Waals surface area contributed by atoms with E-state index in [4.69, 9.17) is 52.1 Å². The van der Waals surface area contributed by atoms with Crippen LogP contribution >= 0.6 is 0 Å². The van der Waals surface area contributed by atoms with Gasteiger partial charge >= 0.3 is 5.97 Å². The predicted octanol–water partition coefficient (Wildman–Crippen LogP) is 5.89. The van der Waals surface area contributed by atoms with Gasteiger partial charge < -0.3 is 52.1 Å². The number of unbranched alkanes of at least 4 members (excludes halogenated alkanes) is 10. The van der Waals surface area contributed by atoms with Gasteiger partial charge in [0.1, 0.15) is 6.61 Å². The Hall–Kier alpha value is -2.04. The van der Waals surface area contributed by atoms with E-state index in [-0.39, 0.29) is 13.2 Å². The summed E-state index contributed by atoms with van der Waals surface area (Å²) >= 11 is 0. The summed E-state index contributed by atoms with van der Waals surface area (Å²) < 4.78 is 59.9. The highest BCUT2D eigenvalue weighted by Gasteiger charge is 2.17. The number of hydrogen-bond acceptors (Lipinski definition) is 13. The zero-order valence-electron chi connectivity index (χ0n) is 33.3. The SMILES string of the molecule is CCCCCCCCCCCCCOCCOCCOCCOCCOCCOCCOCCOCCOCCOCCOC(=O)C(=O)c1ccccc1. The molecule has 314 valence electrons. The van der Waals surface area contributed by atoms with Gasteiger partial charge in [0, 0.05) is 12.2 Å². The van der Waals surface area contributed by atoms with E-state index < -0.39 is 11.8 Å². The average Bonchev–Trinajstić information content (AvgIpc) is 3.19. The Morgan fingerprint density at radius 2 is 0.630 bits per heavy atom. The molecule has 0 fully saturated rings. The minimum atomic E-state index is -0.894. The molecule has 0 aliphatic rings. The molecule has 54 heavy (non-hydrogen) atoms. The molecule has 0 aliphatic heterocycles. The number of carbonyl (C=O) groups excluding carboxylic acids is 2. The molecule has 0 amide bonds. The molecular formula is C41H72O13. The monoisotopic (exact) mass is 772 g/mol. The standard InChI is InChI=1S/C41H72O13/c1-2-3-4-5-6-7-8-9-10-11-15-18-44-19-20-45-21-22-46-23-24-47-25-26-48-27-28-49-29-30-50-31-32-51-33-34-52-35-36-53-37-38-54-41(43)40(42)39-16-13-12-14-17-39/h12-14,16-17H,2-11,15,18-38H2,1H3. The van der Waals surface area contributed by atoms with Crippen molar-refractivity contribution in [3.63, 3.8) is 0 Å². The number of Topliss-reactive ketones (excluding diaryl/α,β-unsaturated/α-hetero) is 1. The summed E-state index contributed by atoms with van der Waals surface area (Å²) in [5, 5.41) is 0. The Labute approximate surface area is 325 Å². The van der Waals surface area contributed by atoms with Crippen LogP contribution < -0.4 is 0 Å². The number of esters is 1. The van der Waals surface area contributed by atoms with E-state index in [0.717, 1.165) is 13.0 Å². The summed E-state index contributed by atoms with van der Waals surface area (Å²) in [5.41, 5.74) is 0.298. The molecule has 13 nitrogen and oxygen atoms in total. The van der Waals surface area contributed by atoms with Crippen LogP contribution in [0.1, 0.15) is 87.9 Å². The largest absolute Gasteiger partial charge is 0.457 e. The van der Waals surface area contributed by atoms with Crippen LogP contribution in [-0.4, -0.2) is 150 Å². The number of carbonyl (C=O) groups is 2. The lowest BCUT2D eigenvalue weighted by atomic mass is 10.1. The lowest BCUT2D eigenvalue weighted by molar-refractivity contribution is -0.139. The van der Waals surface area contributed by atoms with Crippen molar-refractivity contribution in [3.05, 3.63) is 35.9 Å². The molecular weight excluding hydrogens is 700 g/mol. The first-order chi connectivity index (χ1) is 26.8. The lowest BCUT2D eigenvalue weighted by Crippen LogP contribution is -2.20. The molecule has 0 aromatic heterocycles. The molecule has 0 saturated carbocycles.